The Kier molecular flexibility index (Phi) is 7.90. The third-order valence-corrected chi connectivity index (χ3v) is 1.57. The molecule has 10 heavy (non-hydrogen) atoms. The number of hydrogen-bond acceptors (Lipinski definition) is 3. The molecule has 0 spiro atoms. The van der Waals surface area contributed by atoms with Crippen molar-refractivity contribution >= 4 is 0 Å². The van der Waals surface area contributed by atoms with E-state index in [1.54, 1.807) is 0 Å². The molecule has 0 heterocycles. The second-order valence-corrected chi connectivity index (χ2v) is 2.38. The highest BCUT2D eigenvalue weighted by molar-refractivity contribution is 4.51. The van der Waals surface area contributed by atoms with E-state index in [4.69, 9.17) is 4.91 Å². The molecular formula is C7H15NO2. The van der Waals surface area contributed by atoms with E-state index in [0.29, 0.717) is 0 Å². The number of rotatable bonds is 1. The zero-order valence-corrected chi connectivity index (χ0v) is 6.51. The third kappa shape index (κ3) is 7.40. The highest BCUT2D eigenvalue weighted by Gasteiger charge is 1.95. The molecule has 1 aliphatic rings. The lowest BCUT2D eigenvalue weighted by atomic mass is 10.0. The van der Waals surface area contributed by atoms with Crippen LogP contribution in [-0.4, -0.2) is 7.11 Å². The normalized spacial score (nSPS) is 16.5. The molecule has 0 N–H and O–H groups in total. The number of nitrogens with zero attached hydrogens (tertiary/aromatic N) is 1. The Balaban J connectivity index is 0.000000180. The molecule has 1 fully saturated rings. The van der Waals surface area contributed by atoms with E-state index in [2.05, 4.69) is 4.84 Å². The number of hydrogen-bond donors (Lipinski definition) is 0. The Bertz CT molecular complexity index is 60.5. The van der Waals surface area contributed by atoms with Crippen LogP contribution in [0.15, 0.2) is 5.34 Å². The van der Waals surface area contributed by atoms with Gasteiger partial charge in [-0.2, -0.15) is 0 Å². The van der Waals surface area contributed by atoms with Crippen molar-refractivity contribution in [2.24, 2.45) is 5.34 Å². The monoisotopic (exact) mass is 145 g/mol. The Labute approximate surface area is 61.7 Å². The van der Waals surface area contributed by atoms with Crippen LogP contribution >= 0.6 is 0 Å². The molecule has 0 unspecified atom stereocenters. The van der Waals surface area contributed by atoms with Crippen LogP contribution in [0.2, 0.25) is 0 Å². The summed E-state index contributed by atoms with van der Waals surface area (Å²) >= 11 is 0. The summed E-state index contributed by atoms with van der Waals surface area (Å²) in [7, 11) is 1.20. The van der Waals surface area contributed by atoms with Crippen molar-refractivity contribution in [2.75, 3.05) is 7.11 Å². The quantitative estimate of drug-likeness (QED) is 0.420. The molecule has 1 rings (SSSR count). The topological polar surface area (TPSA) is 38.7 Å². The highest BCUT2D eigenvalue weighted by atomic mass is 16.7. The van der Waals surface area contributed by atoms with Crippen molar-refractivity contribution in [3.8, 4) is 0 Å². The van der Waals surface area contributed by atoms with Gasteiger partial charge >= 0.3 is 0 Å². The van der Waals surface area contributed by atoms with Crippen LogP contribution in [0.1, 0.15) is 38.5 Å². The van der Waals surface area contributed by atoms with Crippen molar-refractivity contribution in [2.45, 2.75) is 38.5 Å². The summed E-state index contributed by atoms with van der Waals surface area (Å²) in [6.07, 6.45) is 9.00. The molecule has 0 atom stereocenters. The maximum absolute atomic E-state index is 8.70. The maximum atomic E-state index is 8.70. The van der Waals surface area contributed by atoms with Crippen molar-refractivity contribution in [3.05, 3.63) is 4.91 Å². The summed E-state index contributed by atoms with van der Waals surface area (Å²) in [5.41, 5.74) is 0. The summed E-state index contributed by atoms with van der Waals surface area (Å²) in [4.78, 5) is 12.3. The van der Waals surface area contributed by atoms with Gasteiger partial charge in [0, 0.05) is 0 Å². The van der Waals surface area contributed by atoms with Crippen molar-refractivity contribution in [1.29, 1.82) is 0 Å². The highest BCUT2D eigenvalue weighted by Crippen LogP contribution is 2.15. The first-order valence-electron chi connectivity index (χ1n) is 3.77. The molecule has 60 valence electrons. The summed E-state index contributed by atoms with van der Waals surface area (Å²) in [5.74, 6) is 0. The van der Waals surface area contributed by atoms with Gasteiger partial charge in [-0.25, -0.2) is 0 Å². The second kappa shape index (κ2) is 8.40. The van der Waals surface area contributed by atoms with Crippen LogP contribution in [0, 0.1) is 4.91 Å². The second-order valence-electron chi connectivity index (χ2n) is 2.38. The Hall–Kier alpha value is -0.600. The molecule has 1 aliphatic carbocycles. The predicted octanol–water partition coefficient (Wildman–Crippen LogP) is 2.65. The molecule has 0 aromatic carbocycles. The van der Waals surface area contributed by atoms with Gasteiger partial charge in [-0.1, -0.05) is 38.5 Å². The lowest BCUT2D eigenvalue weighted by Gasteiger charge is -2.05. The minimum absolute atomic E-state index is 1.20. The summed E-state index contributed by atoms with van der Waals surface area (Å²) in [6.45, 7) is 0. The zero-order chi connectivity index (χ0) is 7.66. The first-order chi connectivity index (χ1) is 4.91. The summed E-state index contributed by atoms with van der Waals surface area (Å²) in [6, 6.07) is 0. The molecule has 3 nitrogen and oxygen atoms in total. The molecule has 0 bridgehead atoms. The lowest BCUT2D eigenvalue weighted by molar-refractivity contribution is 0.208. The molecule has 0 aromatic rings. The van der Waals surface area contributed by atoms with E-state index in [1.165, 1.54) is 45.6 Å². The van der Waals surface area contributed by atoms with Gasteiger partial charge in [0.25, 0.3) is 0 Å². The Morgan fingerprint density at radius 1 is 1.00 bits per heavy atom. The van der Waals surface area contributed by atoms with Gasteiger partial charge < -0.3 is 4.84 Å². The van der Waals surface area contributed by atoms with Crippen molar-refractivity contribution in [1.82, 2.24) is 0 Å². The molecular weight excluding hydrogens is 130 g/mol. The average Bonchev–Trinajstić information content (AvgIpc) is 2.08. The van der Waals surface area contributed by atoms with Crippen LogP contribution in [0.4, 0.5) is 0 Å². The smallest absolute Gasteiger partial charge is 0.154 e. The van der Waals surface area contributed by atoms with Gasteiger partial charge in [0.05, 0.1) is 0 Å². The van der Waals surface area contributed by atoms with Gasteiger partial charge in [-0.15, -0.1) is 4.91 Å². The molecule has 0 amide bonds. The van der Waals surface area contributed by atoms with Crippen LogP contribution in [0.25, 0.3) is 0 Å². The maximum Gasteiger partial charge on any atom is 0.154 e. The molecule has 0 aliphatic heterocycles. The van der Waals surface area contributed by atoms with Crippen LogP contribution < -0.4 is 0 Å². The lowest BCUT2D eigenvalue weighted by Crippen LogP contribution is -1.85. The van der Waals surface area contributed by atoms with Crippen LogP contribution in [0.3, 0.4) is 0 Å². The minimum atomic E-state index is 1.20. The van der Waals surface area contributed by atoms with E-state index < -0.39 is 0 Å². The first-order valence-corrected chi connectivity index (χ1v) is 3.77. The minimum Gasteiger partial charge on any atom is -0.367 e. The van der Waals surface area contributed by atoms with Crippen molar-refractivity contribution < 1.29 is 4.84 Å². The van der Waals surface area contributed by atoms with Gasteiger partial charge in [-0.3, -0.25) is 0 Å². The van der Waals surface area contributed by atoms with Gasteiger partial charge in [0.2, 0.25) is 0 Å². The van der Waals surface area contributed by atoms with E-state index in [-0.39, 0.29) is 0 Å². The molecule has 3 heteroatoms. The van der Waals surface area contributed by atoms with E-state index in [0.717, 1.165) is 0 Å². The summed E-state index contributed by atoms with van der Waals surface area (Å²) in [5, 5.41) is 1.99. The fourth-order valence-electron chi connectivity index (χ4n) is 1.06. The molecule has 1 saturated carbocycles. The Morgan fingerprint density at radius 2 is 1.20 bits per heavy atom. The van der Waals surface area contributed by atoms with Gasteiger partial charge in [0.1, 0.15) is 7.11 Å². The van der Waals surface area contributed by atoms with Gasteiger partial charge in [-0.05, 0) is 0 Å². The summed E-state index contributed by atoms with van der Waals surface area (Å²) < 4.78 is 0. The van der Waals surface area contributed by atoms with Gasteiger partial charge in [0.15, 0.2) is 5.34 Å². The third-order valence-electron chi connectivity index (χ3n) is 1.57. The van der Waals surface area contributed by atoms with E-state index >= 15 is 0 Å². The largest absolute Gasteiger partial charge is 0.367 e. The molecule has 0 aromatic heterocycles. The molecule has 0 saturated heterocycles. The average molecular weight is 145 g/mol. The predicted molar refractivity (Wildman–Crippen MR) is 40.5 cm³/mol. The SMILES string of the molecule is C1CCCCC1.CON=O. The fourth-order valence-corrected chi connectivity index (χ4v) is 1.06. The molecule has 0 radical (unpaired) electrons. The standard InChI is InChI=1S/C6H12.CH3NO2/c1-2-4-6-5-3-1;1-4-2-3/h1-6H2;1H3. The van der Waals surface area contributed by atoms with E-state index in [1.807, 2.05) is 5.34 Å². The van der Waals surface area contributed by atoms with Crippen LogP contribution in [-0.2, 0) is 4.84 Å². The zero-order valence-electron chi connectivity index (χ0n) is 6.51. The Morgan fingerprint density at radius 3 is 1.30 bits per heavy atom. The fraction of sp³-hybridized carbons (Fsp3) is 1.00. The first kappa shape index (κ1) is 9.40. The van der Waals surface area contributed by atoms with Crippen LogP contribution in [0.5, 0.6) is 0 Å². The van der Waals surface area contributed by atoms with E-state index in [9.17, 15) is 0 Å². The van der Waals surface area contributed by atoms with Crippen molar-refractivity contribution in [3.63, 3.8) is 0 Å².